The number of primary sulfonamides is 1. The first-order valence-electron chi connectivity index (χ1n) is 7.92. The van der Waals surface area contributed by atoms with Crippen LogP contribution in [0.2, 0.25) is 0 Å². The van der Waals surface area contributed by atoms with Crippen molar-refractivity contribution in [1.82, 2.24) is 9.78 Å². The van der Waals surface area contributed by atoms with Gasteiger partial charge in [0, 0.05) is 5.39 Å². The second-order valence-corrected chi connectivity index (χ2v) is 8.46. The minimum Gasteiger partial charge on any atom is -0.232 e. The normalized spacial score (nSPS) is 12.6. The lowest BCUT2D eigenvalue weighted by atomic mass is 10.1. The van der Waals surface area contributed by atoms with E-state index in [-0.39, 0.29) is 16.3 Å². The van der Waals surface area contributed by atoms with E-state index in [1.165, 1.54) is 35.6 Å². The molecule has 0 aliphatic carbocycles. The fourth-order valence-corrected chi connectivity index (χ4v) is 4.39. The summed E-state index contributed by atoms with van der Waals surface area (Å²) in [5, 5.41) is 12.4. The Morgan fingerprint density at radius 2 is 1.71 bits per heavy atom. The number of sulfonamides is 1. The number of halogens is 3. The molecule has 144 valence electrons. The minimum atomic E-state index is -4.62. The van der Waals surface area contributed by atoms with Gasteiger partial charge in [-0.15, -0.1) is 11.3 Å². The number of rotatable bonds is 3. The summed E-state index contributed by atoms with van der Waals surface area (Å²) in [4.78, 5) is 0.497. The number of nitrogens with two attached hydrogens (primary N) is 1. The molecule has 10 heteroatoms. The van der Waals surface area contributed by atoms with Gasteiger partial charge in [-0.25, -0.2) is 18.2 Å². The van der Waals surface area contributed by atoms with Crippen LogP contribution in [0.1, 0.15) is 5.69 Å². The maximum atomic E-state index is 13.3. The van der Waals surface area contributed by atoms with Crippen LogP contribution in [0.5, 0.6) is 0 Å². The molecular weight excluding hydrogens is 411 g/mol. The third-order valence-corrected chi connectivity index (χ3v) is 6.12. The lowest BCUT2D eigenvalue weighted by molar-refractivity contribution is -0.141. The van der Waals surface area contributed by atoms with Gasteiger partial charge >= 0.3 is 6.18 Å². The first-order valence-corrected chi connectivity index (χ1v) is 10.3. The zero-order valence-corrected chi connectivity index (χ0v) is 15.6. The quantitative estimate of drug-likeness (QED) is 0.530. The molecule has 2 heterocycles. The molecule has 2 aromatic heterocycles. The molecule has 0 atom stereocenters. The SMILES string of the molecule is NS(=O)(=O)c1ccc(-n2nc(C(F)(F)F)cc2-c2scc3ccccc23)cc1. The van der Waals surface area contributed by atoms with E-state index in [0.717, 1.165) is 21.5 Å². The van der Waals surface area contributed by atoms with E-state index in [1.54, 1.807) is 0 Å². The number of hydrogen-bond donors (Lipinski definition) is 1. The van der Waals surface area contributed by atoms with Crippen molar-refractivity contribution < 1.29 is 21.6 Å². The van der Waals surface area contributed by atoms with Gasteiger partial charge in [0.1, 0.15) is 0 Å². The molecule has 4 rings (SSSR count). The lowest BCUT2D eigenvalue weighted by Crippen LogP contribution is -2.12. The van der Waals surface area contributed by atoms with Crippen molar-refractivity contribution in [3.8, 4) is 16.3 Å². The Hall–Kier alpha value is -2.69. The summed E-state index contributed by atoms with van der Waals surface area (Å²) in [6, 6.07) is 13.6. The molecule has 4 aromatic rings. The van der Waals surface area contributed by atoms with Crippen LogP contribution < -0.4 is 5.14 Å². The van der Waals surface area contributed by atoms with Gasteiger partial charge in [-0.3, -0.25) is 0 Å². The summed E-state index contributed by atoms with van der Waals surface area (Å²) in [7, 11) is -3.91. The van der Waals surface area contributed by atoms with Crippen LogP contribution in [-0.2, 0) is 16.2 Å². The summed E-state index contributed by atoms with van der Waals surface area (Å²) in [5.41, 5.74) is -0.479. The third-order valence-electron chi connectivity index (χ3n) is 4.15. The summed E-state index contributed by atoms with van der Waals surface area (Å²) >= 11 is 1.31. The Labute approximate surface area is 161 Å². The molecule has 0 bridgehead atoms. The molecule has 2 aromatic carbocycles. The largest absolute Gasteiger partial charge is 0.435 e. The maximum Gasteiger partial charge on any atom is 0.435 e. The van der Waals surface area contributed by atoms with E-state index in [4.69, 9.17) is 5.14 Å². The number of thiophene rings is 1. The molecule has 0 aliphatic rings. The Balaban J connectivity index is 1.93. The van der Waals surface area contributed by atoms with Crippen LogP contribution in [-0.4, -0.2) is 18.2 Å². The lowest BCUT2D eigenvalue weighted by Gasteiger charge is -2.08. The van der Waals surface area contributed by atoms with Gasteiger partial charge in [-0.1, -0.05) is 24.3 Å². The smallest absolute Gasteiger partial charge is 0.232 e. The third kappa shape index (κ3) is 3.30. The number of nitrogens with zero attached hydrogens (tertiary/aromatic N) is 2. The van der Waals surface area contributed by atoms with E-state index in [0.29, 0.717) is 4.88 Å². The van der Waals surface area contributed by atoms with Crippen LogP contribution in [0.3, 0.4) is 0 Å². The second-order valence-electron chi connectivity index (χ2n) is 6.02. The average molecular weight is 423 g/mol. The van der Waals surface area contributed by atoms with Crippen LogP contribution in [0.15, 0.2) is 64.9 Å². The molecule has 0 spiro atoms. The van der Waals surface area contributed by atoms with Crippen molar-refractivity contribution in [2.24, 2.45) is 5.14 Å². The molecule has 0 unspecified atom stereocenters. The Bertz CT molecular complexity index is 1270. The fraction of sp³-hybridized carbons (Fsp3) is 0.0556. The van der Waals surface area contributed by atoms with Crippen molar-refractivity contribution >= 4 is 32.1 Å². The van der Waals surface area contributed by atoms with Gasteiger partial charge < -0.3 is 0 Å². The number of hydrogen-bond acceptors (Lipinski definition) is 4. The second kappa shape index (κ2) is 6.43. The summed E-state index contributed by atoms with van der Waals surface area (Å²) in [6.07, 6.45) is -4.62. The zero-order valence-electron chi connectivity index (χ0n) is 14.0. The summed E-state index contributed by atoms with van der Waals surface area (Å²) < 4.78 is 63.9. The molecule has 28 heavy (non-hydrogen) atoms. The van der Waals surface area contributed by atoms with Gasteiger partial charge in [-0.05, 0) is 41.1 Å². The number of benzene rings is 2. The highest BCUT2D eigenvalue weighted by molar-refractivity contribution is 7.89. The predicted molar refractivity (Wildman–Crippen MR) is 101 cm³/mol. The molecule has 0 radical (unpaired) electrons. The molecular formula is C18H12F3N3O2S2. The Morgan fingerprint density at radius 1 is 1.04 bits per heavy atom. The molecule has 5 nitrogen and oxygen atoms in total. The summed E-state index contributed by atoms with van der Waals surface area (Å²) in [6.45, 7) is 0. The number of alkyl halides is 3. The minimum absolute atomic E-state index is 0.137. The predicted octanol–water partition coefficient (Wildman–Crippen LogP) is 4.42. The molecule has 0 amide bonds. The number of aromatic nitrogens is 2. The highest BCUT2D eigenvalue weighted by atomic mass is 32.2. The first kappa shape index (κ1) is 18.7. The Morgan fingerprint density at radius 3 is 2.36 bits per heavy atom. The topological polar surface area (TPSA) is 78.0 Å². The highest BCUT2D eigenvalue weighted by Crippen LogP contribution is 2.39. The van der Waals surface area contributed by atoms with Crippen LogP contribution in [0.25, 0.3) is 27.0 Å². The Kier molecular flexibility index (Phi) is 4.29. The van der Waals surface area contributed by atoms with Crippen molar-refractivity contribution in [3.63, 3.8) is 0 Å². The maximum absolute atomic E-state index is 13.3. The van der Waals surface area contributed by atoms with Gasteiger partial charge in [-0.2, -0.15) is 18.3 Å². The molecule has 0 saturated heterocycles. The average Bonchev–Trinajstić information content (AvgIpc) is 3.25. The van der Waals surface area contributed by atoms with Gasteiger partial charge in [0.15, 0.2) is 5.69 Å². The van der Waals surface area contributed by atoms with Crippen LogP contribution >= 0.6 is 11.3 Å². The molecule has 0 fully saturated rings. The first-order chi connectivity index (χ1) is 13.1. The fourth-order valence-electron chi connectivity index (χ4n) is 2.85. The summed E-state index contributed by atoms with van der Waals surface area (Å²) in [5.74, 6) is 0. The van der Waals surface area contributed by atoms with Crippen LogP contribution in [0.4, 0.5) is 13.2 Å². The van der Waals surface area contributed by atoms with Crippen molar-refractivity contribution in [2.45, 2.75) is 11.1 Å². The van der Waals surface area contributed by atoms with Gasteiger partial charge in [0.05, 0.1) is 21.2 Å². The van der Waals surface area contributed by atoms with Crippen molar-refractivity contribution in [3.05, 3.63) is 65.7 Å². The van der Waals surface area contributed by atoms with E-state index in [2.05, 4.69) is 5.10 Å². The van der Waals surface area contributed by atoms with Crippen molar-refractivity contribution in [1.29, 1.82) is 0 Å². The zero-order chi connectivity index (χ0) is 20.1. The van der Waals surface area contributed by atoms with E-state index < -0.39 is 21.9 Å². The highest BCUT2D eigenvalue weighted by Gasteiger charge is 2.35. The van der Waals surface area contributed by atoms with Crippen LogP contribution in [0, 0.1) is 0 Å². The molecule has 0 aliphatic heterocycles. The van der Waals surface area contributed by atoms with Crippen molar-refractivity contribution in [2.75, 3.05) is 0 Å². The van der Waals surface area contributed by atoms with Gasteiger partial charge in [0.25, 0.3) is 0 Å². The van der Waals surface area contributed by atoms with E-state index in [9.17, 15) is 21.6 Å². The van der Waals surface area contributed by atoms with Gasteiger partial charge in [0.2, 0.25) is 10.0 Å². The van der Waals surface area contributed by atoms with E-state index in [1.807, 2.05) is 29.6 Å². The molecule has 2 N–H and O–H groups in total. The number of fused-ring (bicyclic) bond motifs is 1. The molecule has 0 saturated carbocycles. The monoisotopic (exact) mass is 423 g/mol. The standard InChI is InChI=1S/C18H12F3N3O2S2/c19-18(20,21)16-9-15(17-14-4-2-1-3-11(14)10-27-17)24(23-16)12-5-7-13(8-6-12)28(22,25)26/h1-10H,(H2,22,25,26). The van der Waals surface area contributed by atoms with E-state index >= 15 is 0 Å².